The van der Waals surface area contributed by atoms with Gasteiger partial charge in [-0.15, -0.1) is 0 Å². The standard InChI is InChI=1S/C45H31N3/c1-45(32-16-6-3-7-17-32)39-21-11-10-20-36(39)37-24-23-31(28-40(37)45)33-25-26-38(35-19-9-8-18-34(33)35)42-29-43(41-22-12-13-27-46-41)48-44(47-42)30-14-4-2-5-15-30/h2-29H,1H3. The van der Waals surface area contributed by atoms with E-state index in [1.165, 1.54) is 44.3 Å². The number of rotatable bonds is 5. The van der Waals surface area contributed by atoms with Gasteiger partial charge in [-0.3, -0.25) is 4.98 Å². The van der Waals surface area contributed by atoms with Crippen molar-refractivity contribution < 1.29 is 0 Å². The van der Waals surface area contributed by atoms with Crippen LogP contribution in [0.3, 0.4) is 0 Å². The monoisotopic (exact) mass is 613 g/mol. The molecule has 1 atom stereocenters. The molecule has 0 N–H and O–H groups in total. The van der Waals surface area contributed by atoms with Gasteiger partial charge >= 0.3 is 0 Å². The summed E-state index contributed by atoms with van der Waals surface area (Å²) in [6, 6.07) is 58.1. The largest absolute Gasteiger partial charge is 0.255 e. The summed E-state index contributed by atoms with van der Waals surface area (Å²) < 4.78 is 0. The molecule has 0 radical (unpaired) electrons. The van der Waals surface area contributed by atoms with Crippen LogP contribution in [0.4, 0.5) is 0 Å². The molecule has 0 fully saturated rings. The van der Waals surface area contributed by atoms with E-state index < -0.39 is 0 Å². The number of benzene rings is 6. The van der Waals surface area contributed by atoms with E-state index in [-0.39, 0.29) is 5.41 Å². The maximum atomic E-state index is 5.14. The zero-order valence-electron chi connectivity index (χ0n) is 26.5. The van der Waals surface area contributed by atoms with Crippen molar-refractivity contribution in [3.05, 3.63) is 187 Å². The van der Waals surface area contributed by atoms with E-state index in [0.717, 1.165) is 33.6 Å². The lowest BCUT2D eigenvalue weighted by Gasteiger charge is -2.28. The van der Waals surface area contributed by atoms with E-state index in [1.54, 1.807) is 6.20 Å². The molecule has 0 aliphatic heterocycles. The molecule has 1 unspecified atom stereocenters. The predicted octanol–water partition coefficient (Wildman–Crippen LogP) is 11.0. The summed E-state index contributed by atoms with van der Waals surface area (Å²) in [5, 5.41) is 2.33. The second-order valence-corrected chi connectivity index (χ2v) is 12.5. The molecule has 2 aromatic heterocycles. The van der Waals surface area contributed by atoms with Crippen molar-refractivity contribution in [1.29, 1.82) is 0 Å². The average molecular weight is 614 g/mol. The Kier molecular flexibility index (Phi) is 6.58. The smallest absolute Gasteiger partial charge is 0.160 e. The SMILES string of the molecule is CC1(c2ccccc2)c2ccccc2-c2ccc(-c3ccc(-c4cc(-c5ccccn5)nc(-c5ccccc5)n4)c4ccccc34)cc21. The minimum absolute atomic E-state index is 0.254. The van der Waals surface area contributed by atoms with Gasteiger partial charge in [-0.25, -0.2) is 9.97 Å². The average Bonchev–Trinajstić information content (AvgIpc) is 3.43. The lowest BCUT2D eigenvalue weighted by atomic mass is 9.74. The third-order valence-corrected chi connectivity index (χ3v) is 9.86. The highest BCUT2D eigenvalue weighted by molar-refractivity contribution is 6.05. The molecule has 6 aromatic carbocycles. The van der Waals surface area contributed by atoms with Crippen LogP contribution in [0.15, 0.2) is 170 Å². The third kappa shape index (κ3) is 4.47. The second-order valence-electron chi connectivity index (χ2n) is 12.5. The molecular weight excluding hydrogens is 583 g/mol. The molecule has 0 spiro atoms. The summed E-state index contributed by atoms with van der Waals surface area (Å²) >= 11 is 0. The molecule has 3 nitrogen and oxygen atoms in total. The first-order valence-corrected chi connectivity index (χ1v) is 16.4. The molecule has 3 heteroatoms. The molecule has 1 aliphatic carbocycles. The van der Waals surface area contributed by atoms with Crippen LogP contribution in [0, 0.1) is 0 Å². The van der Waals surface area contributed by atoms with Gasteiger partial charge in [0.2, 0.25) is 0 Å². The molecule has 2 heterocycles. The summed E-state index contributed by atoms with van der Waals surface area (Å²) in [7, 11) is 0. The second kappa shape index (κ2) is 11.3. The highest BCUT2D eigenvalue weighted by Crippen LogP contribution is 2.53. The number of aromatic nitrogens is 3. The van der Waals surface area contributed by atoms with E-state index in [0.29, 0.717) is 5.82 Å². The zero-order valence-corrected chi connectivity index (χ0v) is 26.5. The maximum Gasteiger partial charge on any atom is 0.160 e. The Hall–Kier alpha value is -6.19. The van der Waals surface area contributed by atoms with Crippen molar-refractivity contribution in [3.63, 3.8) is 0 Å². The zero-order chi connectivity index (χ0) is 32.1. The van der Waals surface area contributed by atoms with E-state index in [1.807, 2.05) is 36.4 Å². The quantitative estimate of drug-likeness (QED) is 0.194. The summed E-state index contributed by atoms with van der Waals surface area (Å²) in [5.41, 5.74) is 13.3. The Morgan fingerprint density at radius 1 is 0.417 bits per heavy atom. The van der Waals surface area contributed by atoms with E-state index in [9.17, 15) is 0 Å². The molecule has 226 valence electrons. The van der Waals surface area contributed by atoms with Crippen LogP contribution in [-0.4, -0.2) is 15.0 Å². The van der Waals surface area contributed by atoms with Gasteiger partial charge in [-0.2, -0.15) is 0 Å². The van der Waals surface area contributed by atoms with Gasteiger partial charge in [0.1, 0.15) is 0 Å². The van der Waals surface area contributed by atoms with Crippen LogP contribution >= 0.6 is 0 Å². The number of nitrogens with zero attached hydrogens (tertiary/aromatic N) is 3. The van der Waals surface area contributed by atoms with E-state index in [2.05, 4.69) is 139 Å². The van der Waals surface area contributed by atoms with Crippen molar-refractivity contribution in [2.75, 3.05) is 0 Å². The van der Waals surface area contributed by atoms with Crippen molar-refractivity contribution in [1.82, 2.24) is 15.0 Å². The summed E-state index contributed by atoms with van der Waals surface area (Å²) in [5.74, 6) is 0.681. The molecule has 8 aromatic rings. The van der Waals surface area contributed by atoms with E-state index in [4.69, 9.17) is 9.97 Å². The fourth-order valence-corrected chi connectivity index (χ4v) is 7.46. The molecule has 0 saturated heterocycles. The number of hydrogen-bond acceptors (Lipinski definition) is 3. The summed E-state index contributed by atoms with van der Waals surface area (Å²) in [6.07, 6.45) is 1.81. The molecule has 48 heavy (non-hydrogen) atoms. The molecule has 9 rings (SSSR count). The Labute approximate surface area is 280 Å². The van der Waals surface area contributed by atoms with Crippen LogP contribution in [0.2, 0.25) is 0 Å². The van der Waals surface area contributed by atoms with Gasteiger partial charge in [0, 0.05) is 22.7 Å². The minimum Gasteiger partial charge on any atom is -0.255 e. The molecule has 1 aliphatic rings. The van der Waals surface area contributed by atoms with Crippen LogP contribution in [0.1, 0.15) is 23.6 Å². The summed E-state index contributed by atoms with van der Waals surface area (Å²) in [4.78, 5) is 14.7. The normalized spacial score (nSPS) is 14.9. The number of pyridine rings is 1. The van der Waals surface area contributed by atoms with Crippen molar-refractivity contribution in [2.45, 2.75) is 12.3 Å². The van der Waals surface area contributed by atoms with Crippen molar-refractivity contribution in [2.24, 2.45) is 0 Å². The Bertz CT molecular complexity index is 2400. The van der Waals surface area contributed by atoms with Crippen LogP contribution in [0.25, 0.3) is 67.1 Å². The first-order valence-electron chi connectivity index (χ1n) is 16.4. The fraction of sp³-hybridized carbons (Fsp3) is 0.0444. The highest BCUT2D eigenvalue weighted by Gasteiger charge is 2.40. The van der Waals surface area contributed by atoms with Crippen LogP contribution in [0.5, 0.6) is 0 Å². The Morgan fingerprint density at radius 2 is 1.04 bits per heavy atom. The summed E-state index contributed by atoms with van der Waals surface area (Å²) in [6.45, 7) is 2.37. The molecule has 0 saturated carbocycles. The van der Waals surface area contributed by atoms with Crippen molar-refractivity contribution in [3.8, 4) is 56.3 Å². The molecular formula is C45H31N3. The molecule has 0 bridgehead atoms. The minimum atomic E-state index is -0.254. The van der Waals surface area contributed by atoms with Crippen LogP contribution in [-0.2, 0) is 5.41 Å². The Balaban J connectivity index is 1.22. The van der Waals surface area contributed by atoms with Gasteiger partial charge in [-0.1, -0.05) is 140 Å². The third-order valence-electron chi connectivity index (χ3n) is 9.86. The topological polar surface area (TPSA) is 38.7 Å². The first kappa shape index (κ1) is 28.1. The van der Waals surface area contributed by atoms with E-state index >= 15 is 0 Å². The van der Waals surface area contributed by atoms with Gasteiger partial charge in [0.05, 0.1) is 17.1 Å². The highest BCUT2D eigenvalue weighted by atomic mass is 14.9. The van der Waals surface area contributed by atoms with Crippen molar-refractivity contribution >= 4 is 10.8 Å². The van der Waals surface area contributed by atoms with Gasteiger partial charge in [-0.05, 0) is 80.9 Å². The first-order chi connectivity index (χ1) is 23.7. The van der Waals surface area contributed by atoms with Gasteiger partial charge in [0.15, 0.2) is 5.82 Å². The maximum absolute atomic E-state index is 5.14. The molecule has 0 amide bonds. The lowest BCUT2D eigenvalue weighted by Crippen LogP contribution is -2.22. The predicted molar refractivity (Wildman–Crippen MR) is 197 cm³/mol. The Morgan fingerprint density at radius 3 is 1.83 bits per heavy atom. The van der Waals surface area contributed by atoms with Gasteiger partial charge < -0.3 is 0 Å². The van der Waals surface area contributed by atoms with Crippen LogP contribution < -0.4 is 0 Å². The number of hydrogen-bond donors (Lipinski definition) is 0. The lowest BCUT2D eigenvalue weighted by molar-refractivity contribution is 0.714. The van der Waals surface area contributed by atoms with Gasteiger partial charge in [0.25, 0.3) is 0 Å². The fourth-order valence-electron chi connectivity index (χ4n) is 7.46. The number of fused-ring (bicyclic) bond motifs is 4.